The van der Waals surface area contributed by atoms with Crippen molar-refractivity contribution in [3.8, 4) is 0 Å². The smallest absolute Gasteiger partial charge is 0.254 e. The summed E-state index contributed by atoms with van der Waals surface area (Å²) in [4.78, 5) is 27.1. The molecule has 0 bridgehead atoms. The summed E-state index contributed by atoms with van der Waals surface area (Å²) in [6, 6.07) is 0. The molecule has 124 valence electrons. The lowest BCUT2D eigenvalue weighted by atomic mass is 10.2. The van der Waals surface area contributed by atoms with Crippen molar-refractivity contribution in [1.29, 1.82) is 0 Å². The maximum Gasteiger partial charge on any atom is 0.254 e. The molecule has 2 heterocycles. The highest BCUT2D eigenvalue weighted by Gasteiger charge is 2.12. The van der Waals surface area contributed by atoms with E-state index in [1.165, 1.54) is 0 Å². The first kappa shape index (κ1) is 17.3. The fourth-order valence-corrected chi connectivity index (χ4v) is 2.86. The lowest BCUT2D eigenvalue weighted by Gasteiger charge is -2.12. The summed E-state index contributed by atoms with van der Waals surface area (Å²) in [6.45, 7) is 6.63. The molecule has 0 saturated carbocycles. The largest absolute Gasteiger partial charge is 0.352 e. The summed E-state index contributed by atoms with van der Waals surface area (Å²) in [5, 5.41) is 6.10. The van der Waals surface area contributed by atoms with Crippen molar-refractivity contribution < 1.29 is 4.79 Å². The Labute approximate surface area is 141 Å². The Kier molecular flexibility index (Phi) is 5.65. The highest BCUT2D eigenvalue weighted by molar-refractivity contribution is 7.09. The van der Waals surface area contributed by atoms with Crippen molar-refractivity contribution in [2.24, 2.45) is 0 Å². The van der Waals surface area contributed by atoms with E-state index in [0.717, 1.165) is 17.1 Å². The molecule has 23 heavy (non-hydrogen) atoms. The number of thiazole rings is 1. The molecule has 0 saturated heterocycles. The van der Waals surface area contributed by atoms with Gasteiger partial charge in [-0.05, 0) is 6.92 Å². The van der Waals surface area contributed by atoms with Crippen molar-refractivity contribution in [3.63, 3.8) is 0 Å². The number of rotatable bonds is 6. The Hall–Kier alpha value is -2.02. The van der Waals surface area contributed by atoms with Gasteiger partial charge in [-0.3, -0.25) is 4.79 Å². The average molecular weight is 333 g/mol. The van der Waals surface area contributed by atoms with Gasteiger partial charge in [0.05, 0.1) is 22.0 Å². The van der Waals surface area contributed by atoms with Crippen LogP contribution in [0.2, 0.25) is 0 Å². The molecule has 0 radical (unpaired) electrons. The SMILES string of the molecule is Cc1nc(N(C)C)ncc1C(=O)NCCc1csc(C(C)C)n1. The molecule has 2 rings (SSSR count). The molecule has 6 nitrogen and oxygen atoms in total. The van der Waals surface area contributed by atoms with E-state index in [1.807, 2.05) is 25.9 Å². The number of nitrogens with zero attached hydrogens (tertiary/aromatic N) is 4. The predicted molar refractivity (Wildman–Crippen MR) is 93.3 cm³/mol. The number of hydrogen-bond donors (Lipinski definition) is 1. The Morgan fingerprint density at radius 1 is 1.35 bits per heavy atom. The molecule has 0 spiro atoms. The number of aromatic nitrogens is 3. The average Bonchev–Trinajstić information content (AvgIpc) is 2.96. The predicted octanol–water partition coefficient (Wildman–Crippen LogP) is 2.40. The van der Waals surface area contributed by atoms with E-state index in [4.69, 9.17) is 0 Å². The van der Waals surface area contributed by atoms with Gasteiger partial charge in [-0.15, -0.1) is 11.3 Å². The van der Waals surface area contributed by atoms with Gasteiger partial charge in [0.25, 0.3) is 5.91 Å². The molecule has 2 aromatic heterocycles. The minimum atomic E-state index is -0.146. The molecule has 0 unspecified atom stereocenters. The van der Waals surface area contributed by atoms with Crippen LogP contribution in [0.1, 0.15) is 46.5 Å². The van der Waals surface area contributed by atoms with E-state index in [2.05, 4.69) is 39.5 Å². The number of amides is 1. The number of carbonyl (C=O) groups is 1. The summed E-state index contributed by atoms with van der Waals surface area (Å²) in [5.41, 5.74) is 2.21. The van der Waals surface area contributed by atoms with Gasteiger partial charge in [-0.1, -0.05) is 13.8 Å². The molecule has 0 aliphatic heterocycles. The lowest BCUT2D eigenvalue weighted by Crippen LogP contribution is -2.27. The van der Waals surface area contributed by atoms with Crippen molar-refractivity contribution in [1.82, 2.24) is 20.3 Å². The normalized spacial score (nSPS) is 10.9. The van der Waals surface area contributed by atoms with Crippen LogP contribution in [0, 0.1) is 6.92 Å². The molecule has 0 atom stereocenters. The van der Waals surface area contributed by atoms with Crippen LogP contribution in [0.4, 0.5) is 5.95 Å². The monoisotopic (exact) mass is 333 g/mol. The summed E-state index contributed by atoms with van der Waals surface area (Å²) >= 11 is 1.67. The van der Waals surface area contributed by atoms with Gasteiger partial charge in [0, 0.05) is 44.6 Å². The highest BCUT2D eigenvalue weighted by atomic mass is 32.1. The van der Waals surface area contributed by atoms with E-state index in [0.29, 0.717) is 29.7 Å². The Bertz CT molecular complexity index is 681. The van der Waals surface area contributed by atoms with Crippen LogP contribution in [-0.4, -0.2) is 41.5 Å². The number of nitrogens with one attached hydrogen (secondary N) is 1. The van der Waals surface area contributed by atoms with Crippen molar-refractivity contribution in [2.45, 2.75) is 33.1 Å². The molecule has 2 aromatic rings. The lowest BCUT2D eigenvalue weighted by molar-refractivity contribution is 0.0952. The van der Waals surface area contributed by atoms with E-state index < -0.39 is 0 Å². The number of carbonyl (C=O) groups excluding carboxylic acids is 1. The Morgan fingerprint density at radius 3 is 2.65 bits per heavy atom. The summed E-state index contributed by atoms with van der Waals surface area (Å²) in [7, 11) is 3.74. The van der Waals surface area contributed by atoms with E-state index in [1.54, 1.807) is 17.5 Å². The van der Waals surface area contributed by atoms with Gasteiger partial charge in [-0.25, -0.2) is 15.0 Å². The zero-order valence-electron chi connectivity index (χ0n) is 14.3. The molecule has 1 amide bonds. The molecular weight excluding hydrogens is 310 g/mol. The first-order valence-electron chi connectivity index (χ1n) is 7.62. The summed E-state index contributed by atoms with van der Waals surface area (Å²) in [5.74, 6) is 0.896. The maximum absolute atomic E-state index is 12.2. The molecule has 0 aliphatic carbocycles. The van der Waals surface area contributed by atoms with Crippen LogP contribution in [0.25, 0.3) is 0 Å². The van der Waals surface area contributed by atoms with Crippen LogP contribution >= 0.6 is 11.3 Å². The van der Waals surface area contributed by atoms with Gasteiger partial charge in [-0.2, -0.15) is 0 Å². The van der Waals surface area contributed by atoms with Crippen LogP contribution in [0.5, 0.6) is 0 Å². The zero-order chi connectivity index (χ0) is 17.0. The standard InChI is InChI=1S/C16H23N5OS/c1-10(2)15-20-12(9-23-15)6-7-17-14(22)13-8-18-16(21(4)5)19-11(13)3/h8-10H,6-7H2,1-5H3,(H,17,22). The molecule has 7 heteroatoms. The molecule has 0 aliphatic rings. The fourth-order valence-electron chi connectivity index (χ4n) is 2.00. The highest BCUT2D eigenvalue weighted by Crippen LogP contribution is 2.19. The van der Waals surface area contributed by atoms with Crippen LogP contribution in [-0.2, 0) is 6.42 Å². The second-order valence-electron chi connectivity index (χ2n) is 5.90. The molecule has 1 N–H and O–H groups in total. The Morgan fingerprint density at radius 2 is 2.09 bits per heavy atom. The third-order valence-corrected chi connectivity index (χ3v) is 4.54. The Balaban J connectivity index is 1.91. The number of hydrogen-bond acceptors (Lipinski definition) is 6. The second-order valence-corrected chi connectivity index (χ2v) is 6.79. The molecule has 0 aromatic carbocycles. The topological polar surface area (TPSA) is 71.0 Å². The first-order chi connectivity index (χ1) is 10.9. The number of aryl methyl sites for hydroxylation is 1. The minimum Gasteiger partial charge on any atom is -0.352 e. The van der Waals surface area contributed by atoms with Crippen LogP contribution in [0.15, 0.2) is 11.6 Å². The maximum atomic E-state index is 12.2. The minimum absolute atomic E-state index is 0.146. The summed E-state index contributed by atoms with van der Waals surface area (Å²) < 4.78 is 0. The van der Waals surface area contributed by atoms with E-state index >= 15 is 0 Å². The van der Waals surface area contributed by atoms with Gasteiger partial charge in [0.15, 0.2) is 0 Å². The third kappa shape index (κ3) is 4.48. The second kappa shape index (κ2) is 7.50. The van der Waals surface area contributed by atoms with Gasteiger partial charge < -0.3 is 10.2 Å². The van der Waals surface area contributed by atoms with Crippen LogP contribution < -0.4 is 10.2 Å². The third-order valence-electron chi connectivity index (χ3n) is 3.34. The molecule has 0 fully saturated rings. The van der Waals surface area contributed by atoms with Crippen molar-refractivity contribution in [3.05, 3.63) is 33.5 Å². The van der Waals surface area contributed by atoms with Gasteiger partial charge in [0.1, 0.15) is 0 Å². The van der Waals surface area contributed by atoms with Crippen molar-refractivity contribution in [2.75, 3.05) is 25.5 Å². The van der Waals surface area contributed by atoms with E-state index in [9.17, 15) is 4.79 Å². The molecular formula is C16H23N5OS. The zero-order valence-corrected chi connectivity index (χ0v) is 15.1. The summed E-state index contributed by atoms with van der Waals surface area (Å²) in [6.07, 6.45) is 2.30. The quantitative estimate of drug-likeness (QED) is 0.879. The van der Waals surface area contributed by atoms with Gasteiger partial charge >= 0.3 is 0 Å². The first-order valence-corrected chi connectivity index (χ1v) is 8.50. The van der Waals surface area contributed by atoms with Crippen molar-refractivity contribution >= 4 is 23.2 Å². The van der Waals surface area contributed by atoms with Crippen LogP contribution in [0.3, 0.4) is 0 Å². The number of anilines is 1. The van der Waals surface area contributed by atoms with Gasteiger partial charge in [0.2, 0.25) is 5.95 Å². The fraction of sp³-hybridized carbons (Fsp3) is 0.500. The van der Waals surface area contributed by atoms with E-state index in [-0.39, 0.29) is 5.91 Å².